The van der Waals surface area contributed by atoms with Gasteiger partial charge in [0.25, 0.3) is 0 Å². The highest BCUT2D eigenvalue weighted by Gasteiger charge is 2.20. The molecule has 3 rings (SSSR count). The van der Waals surface area contributed by atoms with Gasteiger partial charge in [-0.3, -0.25) is 0 Å². The third-order valence-electron chi connectivity index (χ3n) is 4.13. The van der Waals surface area contributed by atoms with Gasteiger partial charge in [-0.25, -0.2) is 15.0 Å². The Morgan fingerprint density at radius 1 is 1.19 bits per heavy atom. The van der Waals surface area contributed by atoms with Gasteiger partial charge in [-0.05, 0) is 18.2 Å². The molecule has 1 fully saturated rings. The smallest absolute Gasteiger partial charge is 0.225 e. The van der Waals surface area contributed by atoms with E-state index in [1.165, 1.54) is 0 Å². The molecule has 26 heavy (non-hydrogen) atoms. The van der Waals surface area contributed by atoms with Crippen molar-refractivity contribution in [3.05, 3.63) is 47.2 Å². The molecule has 0 saturated carbocycles. The third kappa shape index (κ3) is 4.88. The zero-order valence-corrected chi connectivity index (χ0v) is 17.6. The molecule has 0 amide bonds. The van der Waals surface area contributed by atoms with Crippen LogP contribution in [-0.4, -0.2) is 54.1 Å². The van der Waals surface area contributed by atoms with Crippen molar-refractivity contribution in [3.63, 3.8) is 0 Å². The quantitative estimate of drug-likeness (QED) is 0.404. The first kappa shape index (κ1) is 20.5. The second-order valence-corrected chi connectivity index (χ2v) is 6.03. The van der Waals surface area contributed by atoms with Crippen LogP contribution in [0.3, 0.4) is 0 Å². The van der Waals surface area contributed by atoms with Gasteiger partial charge >= 0.3 is 0 Å². The van der Waals surface area contributed by atoms with Crippen molar-refractivity contribution in [2.75, 3.05) is 38.2 Å². The van der Waals surface area contributed by atoms with Crippen LogP contribution < -0.4 is 15.4 Å². The molecule has 0 unspecified atom stereocenters. The van der Waals surface area contributed by atoms with Gasteiger partial charge in [0.15, 0.2) is 5.96 Å². The number of ether oxygens (including phenoxy) is 1. The summed E-state index contributed by atoms with van der Waals surface area (Å²) in [6.07, 6.45) is 3.50. The Morgan fingerprint density at radius 3 is 2.54 bits per heavy atom. The lowest BCUT2D eigenvalue weighted by Crippen LogP contribution is -2.51. The van der Waals surface area contributed by atoms with Gasteiger partial charge in [-0.2, -0.15) is 0 Å². The lowest BCUT2D eigenvalue weighted by molar-refractivity contribution is 0.377. The van der Waals surface area contributed by atoms with E-state index in [0.29, 0.717) is 17.5 Å². The molecule has 1 aliphatic rings. The average molecular weight is 489 g/mol. The second kappa shape index (κ2) is 9.77. The maximum absolute atomic E-state index is 6.24. The summed E-state index contributed by atoms with van der Waals surface area (Å²) in [5, 5.41) is 0.627. The first-order valence-corrected chi connectivity index (χ1v) is 8.45. The predicted octanol–water partition coefficient (Wildman–Crippen LogP) is 2.39. The van der Waals surface area contributed by atoms with Gasteiger partial charge in [-0.15, -0.1) is 24.0 Å². The van der Waals surface area contributed by atoms with Crippen molar-refractivity contribution < 1.29 is 4.74 Å². The lowest BCUT2D eigenvalue weighted by Gasteiger charge is -2.35. The van der Waals surface area contributed by atoms with Gasteiger partial charge in [0.05, 0.1) is 13.7 Å². The number of aliphatic imine (C=N–C) groups is 1. The molecule has 140 valence electrons. The summed E-state index contributed by atoms with van der Waals surface area (Å²) in [5.41, 5.74) is 7.00. The Kier molecular flexibility index (Phi) is 7.70. The summed E-state index contributed by atoms with van der Waals surface area (Å²) < 4.78 is 5.34. The topological polar surface area (TPSA) is 79.9 Å². The van der Waals surface area contributed by atoms with Crippen LogP contribution in [0.15, 0.2) is 41.7 Å². The first-order valence-electron chi connectivity index (χ1n) is 8.07. The summed E-state index contributed by atoms with van der Waals surface area (Å²) >= 11 is 6.24. The lowest BCUT2D eigenvalue weighted by atomic mass is 10.2. The fourth-order valence-corrected chi connectivity index (χ4v) is 2.96. The van der Waals surface area contributed by atoms with Gasteiger partial charge in [0, 0.05) is 49.2 Å². The van der Waals surface area contributed by atoms with Crippen molar-refractivity contribution in [1.82, 2.24) is 14.9 Å². The number of rotatable bonds is 4. The van der Waals surface area contributed by atoms with E-state index >= 15 is 0 Å². The number of hydrogen-bond acceptors (Lipinski definition) is 5. The van der Waals surface area contributed by atoms with E-state index in [1.807, 2.05) is 24.3 Å². The number of anilines is 1. The van der Waals surface area contributed by atoms with Crippen LogP contribution in [0, 0.1) is 0 Å². The number of nitrogens with two attached hydrogens (primary N) is 1. The van der Waals surface area contributed by atoms with Crippen LogP contribution in [-0.2, 0) is 6.54 Å². The standard InChI is InChI=1S/C17H21ClN6O.HI/c1-25-15-5-2-4-14(18)13(15)12-22-16(19)23-8-10-24(11-9-23)17-20-6-3-7-21-17;/h2-7H,8-12H2,1H3,(H2,19,22);1H. The monoisotopic (exact) mass is 488 g/mol. The molecule has 0 bridgehead atoms. The van der Waals surface area contributed by atoms with E-state index in [4.69, 9.17) is 22.1 Å². The molecule has 2 aromatic rings. The molecule has 2 heterocycles. The zero-order chi connectivity index (χ0) is 17.6. The van der Waals surface area contributed by atoms with Crippen LogP contribution in [0.1, 0.15) is 5.56 Å². The Labute approximate surface area is 175 Å². The predicted molar refractivity (Wildman–Crippen MR) is 115 cm³/mol. The number of methoxy groups -OCH3 is 1. The molecule has 0 aliphatic carbocycles. The largest absolute Gasteiger partial charge is 0.496 e. The van der Waals surface area contributed by atoms with Crippen LogP contribution in [0.5, 0.6) is 5.75 Å². The van der Waals surface area contributed by atoms with Crippen molar-refractivity contribution in [1.29, 1.82) is 0 Å². The number of benzene rings is 1. The van der Waals surface area contributed by atoms with E-state index in [1.54, 1.807) is 19.5 Å². The summed E-state index contributed by atoms with van der Waals surface area (Å²) in [6, 6.07) is 7.35. The SMILES string of the molecule is COc1cccc(Cl)c1CN=C(N)N1CCN(c2ncccn2)CC1.I. The van der Waals surface area contributed by atoms with Crippen molar-refractivity contribution in [3.8, 4) is 5.75 Å². The highest BCUT2D eigenvalue weighted by molar-refractivity contribution is 14.0. The summed E-state index contributed by atoms with van der Waals surface area (Å²) in [7, 11) is 1.62. The molecule has 0 spiro atoms. The summed E-state index contributed by atoms with van der Waals surface area (Å²) in [5.74, 6) is 1.98. The normalized spacial score (nSPS) is 14.8. The van der Waals surface area contributed by atoms with Crippen molar-refractivity contribution >= 4 is 47.5 Å². The number of hydrogen-bond donors (Lipinski definition) is 1. The minimum atomic E-state index is 0. The minimum Gasteiger partial charge on any atom is -0.496 e. The summed E-state index contributed by atoms with van der Waals surface area (Å²) in [4.78, 5) is 17.3. The van der Waals surface area contributed by atoms with E-state index in [9.17, 15) is 0 Å². The molecule has 2 N–H and O–H groups in total. The minimum absolute atomic E-state index is 0. The Morgan fingerprint density at radius 2 is 1.88 bits per heavy atom. The van der Waals surface area contributed by atoms with E-state index in [2.05, 4.69) is 24.8 Å². The fraction of sp³-hybridized carbons (Fsp3) is 0.353. The summed E-state index contributed by atoms with van der Waals surface area (Å²) in [6.45, 7) is 3.53. The third-order valence-corrected chi connectivity index (χ3v) is 4.49. The Balaban J connectivity index is 0.00000243. The fourth-order valence-electron chi connectivity index (χ4n) is 2.73. The molecule has 1 saturated heterocycles. The van der Waals surface area contributed by atoms with Gasteiger partial charge in [0.2, 0.25) is 5.95 Å². The molecule has 0 atom stereocenters. The number of piperazine rings is 1. The molecular weight excluding hydrogens is 467 g/mol. The van der Waals surface area contributed by atoms with Crippen LogP contribution in [0.25, 0.3) is 0 Å². The molecule has 7 nitrogen and oxygen atoms in total. The maximum atomic E-state index is 6.24. The molecular formula is C17H22ClIN6O. The Bertz CT molecular complexity index is 737. The van der Waals surface area contributed by atoms with Crippen LogP contribution in [0.4, 0.5) is 5.95 Å². The van der Waals surface area contributed by atoms with Gasteiger partial charge in [0.1, 0.15) is 5.75 Å². The molecule has 1 aromatic carbocycles. The number of nitrogens with zero attached hydrogens (tertiary/aromatic N) is 5. The van der Waals surface area contributed by atoms with Crippen molar-refractivity contribution in [2.45, 2.75) is 6.54 Å². The highest BCUT2D eigenvalue weighted by Crippen LogP contribution is 2.26. The second-order valence-electron chi connectivity index (χ2n) is 5.62. The van der Waals surface area contributed by atoms with E-state index in [-0.39, 0.29) is 24.0 Å². The zero-order valence-electron chi connectivity index (χ0n) is 14.5. The first-order chi connectivity index (χ1) is 12.2. The van der Waals surface area contributed by atoms with Gasteiger partial charge in [-0.1, -0.05) is 17.7 Å². The van der Waals surface area contributed by atoms with Crippen molar-refractivity contribution in [2.24, 2.45) is 10.7 Å². The van der Waals surface area contributed by atoms with Crippen LogP contribution in [0.2, 0.25) is 5.02 Å². The Hall–Kier alpha value is -1.81. The van der Waals surface area contributed by atoms with Crippen LogP contribution >= 0.6 is 35.6 Å². The maximum Gasteiger partial charge on any atom is 0.225 e. The number of aromatic nitrogens is 2. The molecule has 1 aromatic heterocycles. The van der Waals surface area contributed by atoms with E-state index in [0.717, 1.165) is 43.4 Å². The van der Waals surface area contributed by atoms with Gasteiger partial charge < -0.3 is 20.3 Å². The molecule has 0 radical (unpaired) electrons. The highest BCUT2D eigenvalue weighted by atomic mass is 127. The van der Waals surface area contributed by atoms with E-state index < -0.39 is 0 Å². The molecule has 9 heteroatoms. The average Bonchev–Trinajstić information content (AvgIpc) is 2.67. The number of halogens is 2. The number of guanidine groups is 1. The molecule has 1 aliphatic heterocycles.